The molecule has 1 fully saturated rings. The molecule has 1 aromatic rings. The van der Waals surface area contributed by atoms with Crippen molar-refractivity contribution in [3.05, 3.63) is 41.5 Å². The first-order chi connectivity index (χ1) is 9.61. The summed E-state index contributed by atoms with van der Waals surface area (Å²) in [6, 6.07) is 8.99. The summed E-state index contributed by atoms with van der Waals surface area (Å²) < 4.78 is 3.49. The Hall–Kier alpha value is -0.200. The Balaban J connectivity index is 1.91. The van der Waals surface area contributed by atoms with E-state index in [1.165, 1.54) is 48.5 Å². The smallest absolute Gasteiger partial charge is 0.0408 e. The molecular formula is C16H23IN2S. The Morgan fingerprint density at radius 3 is 2.65 bits per heavy atom. The van der Waals surface area contributed by atoms with Gasteiger partial charge in [0.1, 0.15) is 0 Å². The molecule has 4 heteroatoms. The lowest BCUT2D eigenvalue weighted by Crippen LogP contribution is -2.16. The number of nitrogens with one attached hydrogen (secondary N) is 1. The molecule has 1 aromatic carbocycles. The summed E-state index contributed by atoms with van der Waals surface area (Å²) >= 11 is 2.32. The van der Waals surface area contributed by atoms with E-state index in [0.29, 0.717) is 5.92 Å². The van der Waals surface area contributed by atoms with Crippen LogP contribution in [0, 0.1) is 0 Å². The number of halogens is 1. The van der Waals surface area contributed by atoms with Gasteiger partial charge < -0.3 is 4.90 Å². The first kappa shape index (κ1) is 14.7. The van der Waals surface area contributed by atoms with Crippen LogP contribution in [0.3, 0.4) is 0 Å². The first-order valence-electron chi connectivity index (χ1n) is 7.25. The molecule has 2 nitrogen and oxygen atoms in total. The SMILES string of the molecule is CS(C)(CC1C=C(N2CCCC2)c2ccccc21)NI. The van der Waals surface area contributed by atoms with E-state index < -0.39 is 10.2 Å². The fraction of sp³-hybridized carbons (Fsp3) is 0.500. The van der Waals surface area contributed by atoms with Crippen LogP contribution in [0.1, 0.15) is 29.9 Å². The van der Waals surface area contributed by atoms with Crippen LogP contribution in [0.5, 0.6) is 0 Å². The van der Waals surface area contributed by atoms with Gasteiger partial charge in [0.15, 0.2) is 0 Å². The van der Waals surface area contributed by atoms with E-state index in [-0.39, 0.29) is 0 Å². The molecule has 1 aliphatic heterocycles. The van der Waals surface area contributed by atoms with Gasteiger partial charge in [-0.05, 0) is 36.7 Å². The van der Waals surface area contributed by atoms with Crippen LogP contribution in [0.25, 0.3) is 5.70 Å². The van der Waals surface area contributed by atoms with Gasteiger partial charge in [0, 0.05) is 53.1 Å². The van der Waals surface area contributed by atoms with Crippen LogP contribution in [0.4, 0.5) is 0 Å². The van der Waals surface area contributed by atoms with Crippen molar-refractivity contribution in [2.45, 2.75) is 18.8 Å². The average Bonchev–Trinajstić information content (AvgIpc) is 3.07. The summed E-state index contributed by atoms with van der Waals surface area (Å²) in [7, 11) is -0.719. The summed E-state index contributed by atoms with van der Waals surface area (Å²) in [4.78, 5) is 2.58. The minimum absolute atomic E-state index is 0.578. The summed E-state index contributed by atoms with van der Waals surface area (Å²) in [5, 5.41) is 0. The summed E-state index contributed by atoms with van der Waals surface area (Å²) in [6.45, 7) is 2.46. The van der Waals surface area contributed by atoms with Crippen molar-refractivity contribution < 1.29 is 0 Å². The highest BCUT2D eigenvalue weighted by atomic mass is 127. The molecule has 0 aromatic heterocycles. The lowest BCUT2D eigenvalue weighted by molar-refractivity contribution is 0.493. The van der Waals surface area contributed by atoms with E-state index in [2.05, 4.69) is 73.6 Å². The highest BCUT2D eigenvalue weighted by molar-refractivity contribution is 14.1. The maximum atomic E-state index is 3.49. The number of hydrogen-bond donors (Lipinski definition) is 1. The Morgan fingerprint density at radius 2 is 1.95 bits per heavy atom. The monoisotopic (exact) mass is 402 g/mol. The molecule has 0 radical (unpaired) electrons. The third-order valence-corrected chi connectivity index (χ3v) is 9.43. The maximum absolute atomic E-state index is 3.49. The van der Waals surface area contributed by atoms with Crippen LogP contribution in [-0.4, -0.2) is 36.3 Å². The second-order valence-corrected chi connectivity index (χ2v) is 11.1. The molecule has 1 aliphatic carbocycles. The Labute approximate surface area is 138 Å². The standard InChI is InChI=1S/C16H23IN2S/c1-20(2,18-17)12-13-11-16(19-9-5-6-10-19)15-8-4-3-7-14(13)15/h3-4,7-8,11,13,18H,5-6,9-10,12H2,1-2H3. The quantitative estimate of drug-likeness (QED) is 0.602. The van der Waals surface area contributed by atoms with Crippen LogP contribution >= 0.6 is 33.1 Å². The van der Waals surface area contributed by atoms with Gasteiger partial charge >= 0.3 is 0 Å². The van der Waals surface area contributed by atoms with Gasteiger partial charge in [-0.15, -0.1) is 0 Å². The van der Waals surface area contributed by atoms with Gasteiger partial charge in [-0.25, -0.2) is 2.94 Å². The zero-order valence-corrected chi connectivity index (χ0v) is 15.2. The van der Waals surface area contributed by atoms with E-state index in [1.54, 1.807) is 0 Å². The third kappa shape index (κ3) is 2.88. The van der Waals surface area contributed by atoms with Crippen molar-refractivity contribution in [3.63, 3.8) is 0 Å². The van der Waals surface area contributed by atoms with Crippen molar-refractivity contribution in [1.82, 2.24) is 7.84 Å². The van der Waals surface area contributed by atoms with E-state index >= 15 is 0 Å². The van der Waals surface area contributed by atoms with E-state index in [1.807, 2.05) is 0 Å². The molecule has 3 rings (SSSR count). The predicted octanol–water partition coefficient (Wildman–Crippen LogP) is 4.14. The Bertz CT molecular complexity index is 521. The number of benzene rings is 1. The molecule has 1 heterocycles. The van der Waals surface area contributed by atoms with Crippen LogP contribution in [0.15, 0.2) is 30.3 Å². The van der Waals surface area contributed by atoms with Crippen LogP contribution in [0.2, 0.25) is 0 Å². The van der Waals surface area contributed by atoms with Gasteiger partial charge in [0.05, 0.1) is 0 Å². The second-order valence-electron chi connectivity index (χ2n) is 6.22. The van der Waals surface area contributed by atoms with E-state index in [9.17, 15) is 0 Å². The van der Waals surface area contributed by atoms with Gasteiger partial charge in [0.25, 0.3) is 0 Å². The molecule has 0 spiro atoms. The number of nitrogens with zero attached hydrogens (tertiary/aromatic N) is 1. The molecule has 0 saturated carbocycles. The first-order valence-corrected chi connectivity index (χ1v) is 10.9. The zero-order chi connectivity index (χ0) is 14.2. The number of rotatable bonds is 4. The van der Waals surface area contributed by atoms with Crippen molar-refractivity contribution >= 4 is 38.8 Å². The van der Waals surface area contributed by atoms with Gasteiger partial charge in [-0.2, -0.15) is 10.2 Å². The lowest BCUT2D eigenvalue weighted by Gasteiger charge is -2.31. The molecule has 1 unspecified atom stereocenters. The molecule has 2 aliphatic rings. The van der Waals surface area contributed by atoms with E-state index in [0.717, 1.165) is 0 Å². The molecule has 0 amide bonds. The number of allylic oxidation sites excluding steroid dienone is 1. The topological polar surface area (TPSA) is 15.3 Å². The molecule has 0 bridgehead atoms. The maximum Gasteiger partial charge on any atom is 0.0408 e. The second kappa shape index (κ2) is 5.89. The van der Waals surface area contributed by atoms with Crippen molar-refractivity contribution in [1.29, 1.82) is 0 Å². The third-order valence-electron chi connectivity index (χ3n) is 4.25. The largest absolute Gasteiger partial charge is 0.371 e. The number of fused-ring (bicyclic) bond motifs is 1. The fourth-order valence-corrected chi connectivity index (χ4v) is 5.05. The van der Waals surface area contributed by atoms with E-state index in [4.69, 9.17) is 0 Å². The average molecular weight is 402 g/mol. The minimum atomic E-state index is -0.719. The predicted molar refractivity (Wildman–Crippen MR) is 99.4 cm³/mol. The fourth-order valence-electron chi connectivity index (χ4n) is 3.28. The normalized spacial score (nSPS) is 22.9. The lowest BCUT2D eigenvalue weighted by atomic mass is 10.0. The van der Waals surface area contributed by atoms with Gasteiger partial charge in [0.2, 0.25) is 0 Å². The molecular weight excluding hydrogens is 379 g/mol. The molecule has 1 N–H and O–H groups in total. The number of hydrogen-bond acceptors (Lipinski definition) is 2. The van der Waals surface area contributed by atoms with Gasteiger partial charge in [-0.3, -0.25) is 0 Å². The zero-order valence-electron chi connectivity index (χ0n) is 12.2. The highest BCUT2D eigenvalue weighted by Gasteiger charge is 2.29. The Kier molecular flexibility index (Phi) is 4.34. The molecule has 20 heavy (non-hydrogen) atoms. The Morgan fingerprint density at radius 1 is 1.25 bits per heavy atom. The number of likely N-dealkylation sites (tertiary alicyclic amines) is 1. The van der Waals surface area contributed by atoms with Gasteiger partial charge in [-0.1, -0.05) is 30.3 Å². The molecule has 1 atom stereocenters. The van der Waals surface area contributed by atoms with Crippen LogP contribution in [-0.2, 0) is 0 Å². The minimum Gasteiger partial charge on any atom is -0.371 e. The summed E-state index contributed by atoms with van der Waals surface area (Å²) in [5.74, 6) is 1.80. The van der Waals surface area contributed by atoms with Crippen molar-refractivity contribution in [3.8, 4) is 0 Å². The van der Waals surface area contributed by atoms with Crippen molar-refractivity contribution in [2.75, 3.05) is 31.4 Å². The summed E-state index contributed by atoms with van der Waals surface area (Å²) in [5.41, 5.74) is 4.50. The summed E-state index contributed by atoms with van der Waals surface area (Å²) in [6.07, 6.45) is 9.94. The molecule has 110 valence electrons. The van der Waals surface area contributed by atoms with Crippen LogP contribution < -0.4 is 2.94 Å². The van der Waals surface area contributed by atoms with Crippen molar-refractivity contribution in [2.24, 2.45) is 0 Å². The highest BCUT2D eigenvalue weighted by Crippen LogP contribution is 2.47. The molecule has 1 saturated heterocycles.